The molecule has 0 fully saturated rings. The van der Waals surface area contributed by atoms with Crippen molar-refractivity contribution in [2.75, 3.05) is 13.3 Å². The molecule has 1 aromatic rings. The summed E-state index contributed by atoms with van der Waals surface area (Å²) >= 11 is 5.28. The summed E-state index contributed by atoms with van der Waals surface area (Å²) in [5.74, 6) is 0. The van der Waals surface area contributed by atoms with Gasteiger partial charge in [0.2, 0.25) is 0 Å². The van der Waals surface area contributed by atoms with Gasteiger partial charge in [0, 0.05) is 15.9 Å². The number of hydrogen-bond donors (Lipinski definition) is 1. The van der Waals surface area contributed by atoms with Gasteiger partial charge in [-0.2, -0.15) is 0 Å². The van der Waals surface area contributed by atoms with Crippen LogP contribution in [0.5, 0.6) is 0 Å². The Balaban J connectivity index is 2.86. The third-order valence-electron chi connectivity index (χ3n) is 1.60. The Morgan fingerprint density at radius 3 is 2.75 bits per heavy atom. The highest BCUT2D eigenvalue weighted by Crippen LogP contribution is 2.26. The molecule has 0 amide bonds. The Labute approximate surface area is 86.1 Å². The van der Waals surface area contributed by atoms with Gasteiger partial charge in [0.1, 0.15) is 0 Å². The second kappa shape index (κ2) is 4.90. The smallest absolute Gasteiger partial charge is 0.0314 e. The summed E-state index contributed by atoms with van der Waals surface area (Å²) in [6, 6.07) is 6.44. The molecule has 0 radical (unpaired) electrons. The Morgan fingerprint density at radius 2 is 2.25 bits per heavy atom. The topological polar surface area (TPSA) is 12.0 Å². The molecule has 0 unspecified atom stereocenters. The minimum absolute atomic E-state index is 0.924. The lowest BCUT2D eigenvalue weighted by Gasteiger charge is -2.04. The van der Waals surface area contributed by atoms with Gasteiger partial charge in [0.05, 0.1) is 0 Å². The second-order valence-corrected chi connectivity index (χ2v) is 4.20. The Kier molecular flexibility index (Phi) is 4.12. The maximum absolute atomic E-state index is 3.53. The fourth-order valence-corrected chi connectivity index (χ4v) is 2.39. The largest absolute Gasteiger partial charge is 0.316 e. The van der Waals surface area contributed by atoms with Crippen molar-refractivity contribution in [1.82, 2.24) is 5.32 Å². The quantitative estimate of drug-likeness (QED) is 0.823. The van der Waals surface area contributed by atoms with Crippen LogP contribution in [0.1, 0.15) is 5.56 Å². The molecule has 0 spiro atoms. The average Bonchev–Trinajstić information content (AvgIpc) is 2.05. The number of halogens is 1. The zero-order chi connectivity index (χ0) is 8.97. The Morgan fingerprint density at radius 1 is 1.50 bits per heavy atom. The van der Waals surface area contributed by atoms with E-state index >= 15 is 0 Å². The molecule has 0 aliphatic carbocycles. The summed E-state index contributed by atoms with van der Waals surface area (Å²) in [5, 5.41) is 3.12. The highest BCUT2D eigenvalue weighted by Gasteiger charge is 1.98. The molecule has 0 heterocycles. The molecule has 0 bridgehead atoms. The van der Waals surface area contributed by atoms with Gasteiger partial charge in [-0.3, -0.25) is 0 Å². The molecule has 0 aliphatic heterocycles. The maximum atomic E-state index is 3.53. The minimum Gasteiger partial charge on any atom is -0.316 e. The van der Waals surface area contributed by atoms with Crippen LogP contribution >= 0.6 is 27.7 Å². The summed E-state index contributed by atoms with van der Waals surface area (Å²) in [6.45, 7) is 0.924. The highest BCUT2D eigenvalue weighted by molar-refractivity contribution is 9.10. The van der Waals surface area contributed by atoms with Crippen molar-refractivity contribution in [3.8, 4) is 0 Å². The number of rotatable bonds is 3. The zero-order valence-electron chi connectivity index (χ0n) is 7.23. The van der Waals surface area contributed by atoms with E-state index in [1.165, 1.54) is 14.9 Å². The molecular weight excluding hydrogens is 234 g/mol. The third kappa shape index (κ3) is 2.51. The fourth-order valence-electron chi connectivity index (χ4n) is 1.02. The van der Waals surface area contributed by atoms with Crippen molar-refractivity contribution >= 4 is 27.7 Å². The SMILES string of the molecule is CNCc1ccc(SC)c(Br)c1. The first kappa shape index (κ1) is 10.1. The molecule has 3 heteroatoms. The van der Waals surface area contributed by atoms with E-state index in [-0.39, 0.29) is 0 Å². The van der Waals surface area contributed by atoms with E-state index in [4.69, 9.17) is 0 Å². The summed E-state index contributed by atoms with van der Waals surface area (Å²) < 4.78 is 1.18. The Hall–Kier alpha value is 0.01000. The molecule has 0 saturated carbocycles. The predicted molar refractivity (Wildman–Crippen MR) is 58.7 cm³/mol. The van der Waals surface area contributed by atoms with Crippen LogP contribution in [0.15, 0.2) is 27.6 Å². The van der Waals surface area contributed by atoms with Gasteiger partial charge >= 0.3 is 0 Å². The minimum atomic E-state index is 0.924. The van der Waals surface area contributed by atoms with Crippen molar-refractivity contribution in [2.45, 2.75) is 11.4 Å². The molecule has 1 aromatic carbocycles. The van der Waals surface area contributed by atoms with Crippen molar-refractivity contribution in [3.05, 3.63) is 28.2 Å². The van der Waals surface area contributed by atoms with Crippen LogP contribution < -0.4 is 5.32 Å². The van der Waals surface area contributed by atoms with Gasteiger partial charge < -0.3 is 5.32 Å². The van der Waals surface area contributed by atoms with Gasteiger partial charge in [-0.1, -0.05) is 6.07 Å². The lowest BCUT2D eigenvalue weighted by molar-refractivity contribution is 0.816. The van der Waals surface area contributed by atoms with Gasteiger partial charge in [0.15, 0.2) is 0 Å². The summed E-state index contributed by atoms with van der Waals surface area (Å²) in [7, 11) is 1.95. The summed E-state index contributed by atoms with van der Waals surface area (Å²) in [4.78, 5) is 1.29. The average molecular weight is 246 g/mol. The van der Waals surface area contributed by atoms with Crippen LogP contribution in [0.25, 0.3) is 0 Å². The Bertz CT molecular complexity index is 263. The van der Waals surface area contributed by atoms with Gasteiger partial charge in [0.25, 0.3) is 0 Å². The van der Waals surface area contributed by atoms with E-state index in [1.807, 2.05) is 7.05 Å². The van der Waals surface area contributed by atoms with Crippen LogP contribution in [0.3, 0.4) is 0 Å². The first-order valence-corrected chi connectivity index (χ1v) is 5.76. The number of benzene rings is 1. The third-order valence-corrected chi connectivity index (χ3v) is 3.31. The van der Waals surface area contributed by atoms with Crippen molar-refractivity contribution in [1.29, 1.82) is 0 Å². The first-order valence-electron chi connectivity index (χ1n) is 3.75. The molecule has 12 heavy (non-hydrogen) atoms. The monoisotopic (exact) mass is 245 g/mol. The first-order chi connectivity index (χ1) is 5.77. The molecule has 1 nitrogen and oxygen atoms in total. The summed E-state index contributed by atoms with van der Waals surface area (Å²) in [6.07, 6.45) is 2.08. The van der Waals surface area contributed by atoms with Gasteiger partial charge in [-0.05, 0) is 46.9 Å². The second-order valence-electron chi connectivity index (χ2n) is 2.50. The number of thioether (sulfide) groups is 1. The predicted octanol–water partition coefficient (Wildman–Crippen LogP) is 2.89. The molecule has 66 valence electrons. The van der Waals surface area contributed by atoms with E-state index in [1.54, 1.807) is 11.8 Å². The van der Waals surface area contributed by atoms with Crippen LogP contribution in [-0.2, 0) is 6.54 Å². The van der Waals surface area contributed by atoms with Crippen LogP contribution in [0.2, 0.25) is 0 Å². The van der Waals surface area contributed by atoms with Crippen molar-refractivity contribution in [3.63, 3.8) is 0 Å². The molecule has 0 aromatic heterocycles. The van der Waals surface area contributed by atoms with Gasteiger partial charge in [-0.25, -0.2) is 0 Å². The van der Waals surface area contributed by atoms with Crippen LogP contribution in [0.4, 0.5) is 0 Å². The molecule has 0 atom stereocenters. The molecule has 1 N–H and O–H groups in total. The van der Waals surface area contributed by atoms with E-state index < -0.39 is 0 Å². The normalized spacial score (nSPS) is 10.2. The van der Waals surface area contributed by atoms with E-state index in [9.17, 15) is 0 Å². The lowest BCUT2D eigenvalue weighted by Crippen LogP contribution is -2.04. The van der Waals surface area contributed by atoms with E-state index in [0.29, 0.717) is 0 Å². The number of hydrogen-bond acceptors (Lipinski definition) is 2. The fraction of sp³-hybridized carbons (Fsp3) is 0.333. The lowest BCUT2D eigenvalue weighted by atomic mass is 10.2. The molecule has 0 saturated heterocycles. The van der Waals surface area contributed by atoms with Crippen molar-refractivity contribution < 1.29 is 0 Å². The number of nitrogens with one attached hydrogen (secondary N) is 1. The van der Waals surface area contributed by atoms with Crippen molar-refractivity contribution in [2.24, 2.45) is 0 Å². The van der Waals surface area contributed by atoms with E-state index in [2.05, 4.69) is 45.7 Å². The molecule has 1 rings (SSSR count). The highest BCUT2D eigenvalue weighted by atomic mass is 79.9. The van der Waals surface area contributed by atoms with E-state index in [0.717, 1.165) is 6.54 Å². The molecule has 0 aliphatic rings. The zero-order valence-corrected chi connectivity index (χ0v) is 9.63. The summed E-state index contributed by atoms with van der Waals surface area (Å²) in [5.41, 5.74) is 1.31. The van der Waals surface area contributed by atoms with Gasteiger partial charge in [-0.15, -0.1) is 11.8 Å². The maximum Gasteiger partial charge on any atom is 0.0314 e. The van der Waals surface area contributed by atoms with Crippen LogP contribution in [0, 0.1) is 0 Å². The standard InChI is InChI=1S/C9H12BrNS/c1-11-6-7-3-4-9(12-2)8(10)5-7/h3-5,11H,6H2,1-2H3. The van der Waals surface area contributed by atoms with Crippen LogP contribution in [-0.4, -0.2) is 13.3 Å². The molecular formula is C9H12BrNS.